The fourth-order valence-corrected chi connectivity index (χ4v) is 15.2. The molecule has 17 nitrogen and oxygen atoms in total. The molecule has 0 radical (unpaired) electrons. The van der Waals surface area contributed by atoms with Crippen molar-refractivity contribution in [1.82, 2.24) is 0 Å². The molecule has 2 unspecified atom stereocenters. The zero-order chi connectivity index (χ0) is 77.8. The molecular formula is C87H170O17P2. The zero-order valence-corrected chi connectivity index (χ0v) is 71.5. The molecule has 0 heterocycles. The van der Waals surface area contributed by atoms with Crippen LogP contribution in [0, 0.1) is 11.8 Å². The van der Waals surface area contributed by atoms with Crippen LogP contribution in [0.4, 0.5) is 0 Å². The molecule has 5 atom stereocenters. The molecule has 0 aliphatic carbocycles. The summed E-state index contributed by atoms with van der Waals surface area (Å²) in [6, 6.07) is 0. The highest BCUT2D eigenvalue weighted by molar-refractivity contribution is 7.47. The van der Waals surface area contributed by atoms with Gasteiger partial charge in [0, 0.05) is 25.7 Å². The van der Waals surface area contributed by atoms with Crippen LogP contribution in [0.3, 0.4) is 0 Å². The Labute approximate surface area is 651 Å². The van der Waals surface area contributed by atoms with Crippen molar-refractivity contribution in [3.05, 3.63) is 0 Å². The van der Waals surface area contributed by atoms with E-state index in [1.165, 1.54) is 283 Å². The number of rotatable bonds is 86. The largest absolute Gasteiger partial charge is 0.472 e. The highest BCUT2D eigenvalue weighted by atomic mass is 31.2. The summed E-state index contributed by atoms with van der Waals surface area (Å²) < 4.78 is 69.0. The van der Waals surface area contributed by atoms with Gasteiger partial charge in [-0.25, -0.2) is 9.13 Å². The molecule has 0 aliphatic rings. The molecule has 106 heavy (non-hydrogen) atoms. The van der Waals surface area contributed by atoms with Crippen LogP contribution in [-0.4, -0.2) is 96.7 Å². The number of phosphoric acid groups is 2. The summed E-state index contributed by atoms with van der Waals surface area (Å²) in [5.74, 6) is -0.486. The molecule has 0 fully saturated rings. The van der Waals surface area contributed by atoms with Gasteiger partial charge in [0.05, 0.1) is 26.4 Å². The van der Waals surface area contributed by atoms with Crippen LogP contribution in [0.25, 0.3) is 0 Å². The van der Waals surface area contributed by atoms with Crippen molar-refractivity contribution in [2.45, 2.75) is 484 Å². The van der Waals surface area contributed by atoms with E-state index in [4.69, 9.17) is 37.0 Å². The predicted molar refractivity (Wildman–Crippen MR) is 437 cm³/mol. The number of phosphoric ester groups is 2. The molecule has 0 rings (SSSR count). The summed E-state index contributed by atoms with van der Waals surface area (Å²) in [6.45, 7) is 9.74. The molecule has 0 aromatic rings. The van der Waals surface area contributed by atoms with Crippen LogP contribution in [-0.2, 0) is 65.4 Å². The van der Waals surface area contributed by atoms with Gasteiger partial charge in [-0.2, -0.15) is 0 Å². The minimum atomic E-state index is -4.97. The number of esters is 4. The zero-order valence-electron chi connectivity index (χ0n) is 69.7. The SMILES string of the molecule is CCCCCCCCCCCCCCCCCCC(=O)O[C@H](COC(=O)CCCCCCCCCCCCCCC)COP(=O)(O)OC[C@H](O)COP(=O)(O)OC[C@@H](COC(=O)CCCCCCCCCCCCCCCC(C)C)OC(=O)CCCCCCCCCCCCCCCCCCCCC(C)C. The Balaban J connectivity index is 5.26. The first kappa shape index (κ1) is 104. The Morgan fingerprint density at radius 3 is 0.642 bits per heavy atom. The van der Waals surface area contributed by atoms with Crippen molar-refractivity contribution >= 4 is 39.5 Å². The Bertz CT molecular complexity index is 2030. The summed E-state index contributed by atoms with van der Waals surface area (Å²) in [5.41, 5.74) is 0. The van der Waals surface area contributed by atoms with Crippen molar-refractivity contribution < 1.29 is 80.2 Å². The fourth-order valence-electron chi connectivity index (χ4n) is 13.6. The van der Waals surface area contributed by atoms with Gasteiger partial charge in [0.2, 0.25) is 0 Å². The second kappa shape index (κ2) is 78.3. The maximum Gasteiger partial charge on any atom is 0.472 e. The smallest absolute Gasteiger partial charge is 0.462 e. The summed E-state index contributed by atoms with van der Waals surface area (Å²) in [6.07, 6.45) is 70.7. The van der Waals surface area contributed by atoms with Crippen molar-refractivity contribution in [2.24, 2.45) is 11.8 Å². The third-order valence-corrected chi connectivity index (χ3v) is 22.4. The molecule has 0 saturated heterocycles. The monoisotopic (exact) mass is 1550 g/mol. The van der Waals surface area contributed by atoms with E-state index >= 15 is 0 Å². The highest BCUT2D eigenvalue weighted by Crippen LogP contribution is 2.45. The number of carbonyl (C=O) groups is 4. The summed E-state index contributed by atoms with van der Waals surface area (Å²) in [5, 5.41) is 10.7. The number of unbranched alkanes of at least 4 members (excludes halogenated alkanes) is 56. The molecule has 3 N–H and O–H groups in total. The van der Waals surface area contributed by atoms with E-state index in [9.17, 15) is 43.2 Å². The van der Waals surface area contributed by atoms with E-state index < -0.39 is 97.5 Å². The Hall–Kier alpha value is -1.94. The first-order valence-corrected chi connectivity index (χ1v) is 48.0. The van der Waals surface area contributed by atoms with Crippen LogP contribution < -0.4 is 0 Å². The molecule has 0 spiro atoms. The van der Waals surface area contributed by atoms with E-state index in [-0.39, 0.29) is 25.7 Å². The van der Waals surface area contributed by atoms with Gasteiger partial charge in [-0.1, -0.05) is 414 Å². The van der Waals surface area contributed by atoms with Gasteiger partial charge in [0.1, 0.15) is 19.3 Å². The maximum atomic E-state index is 13.2. The van der Waals surface area contributed by atoms with Gasteiger partial charge in [-0.05, 0) is 37.5 Å². The highest BCUT2D eigenvalue weighted by Gasteiger charge is 2.30. The minimum Gasteiger partial charge on any atom is -0.462 e. The average molecular weight is 1550 g/mol. The number of ether oxygens (including phenoxy) is 4. The second-order valence-electron chi connectivity index (χ2n) is 32.2. The summed E-state index contributed by atoms with van der Waals surface area (Å²) in [4.78, 5) is 73.3. The number of hydrogen-bond acceptors (Lipinski definition) is 15. The lowest BCUT2D eigenvalue weighted by Crippen LogP contribution is -2.30. The molecule has 0 amide bonds. The van der Waals surface area contributed by atoms with Crippen molar-refractivity contribution in [3.63, 3.8) is 0 Å². The Morgan fingerprint density at radius 1 is 0.255 bits per heavy atom. The van der Waals surface area contributed by atoms with E-state index in [0.717, 1.165) is 102 Å². The topological polar surface area (TPSA) is 237 Å². The van der Waals surface area contributed by atoms with E-state index in [1.807, 2.05) is 0 Å². The van der Waals surface area contributed by atoms with Crippen LogP contribution >= 0.6 is 15.6 Å². The standard InChI is InChI=1S/C87H170O17P2/c1-7-9-11-13-15-17-19-21-22-28-34-41-47-53-59-65-71-86(91)103-82(75-97-84(89)69-63-57-51-45-39-31-20-18-16-14-12-10-8-2)77-101-105(93,94)99-73-81(88)74-100-106(95,96)102-78-83(76-98-85(90)70-64-58-52-46-40-36-30-33-38-44-50-56-62-68-80(5)6)104-87(92)72-66-60-54-48-42-35-29-26-24-23-25-27-32-37-43-49-55-61-67-79(3)4/h79-83,88H,7-78H2,1-6H3,(H,93,94)(H,95,96)/t81-,82+,83+/m0/s1. The minimum absolute atomic E-state index is 0.109. The number of aliphatic hydroxyl groups excluding tert-OH is 1. The predicted octanol–water partition coefficient (Wildman–Crippen LogP) is 26.6. The van der Waals surface area contributed by atoms with E-state index in [1.54, 1.807) is 0 Å². The van der Waals surface area contributed by atoms with Crippen LogP contribution in [0.2, 0.25) is 0 Å². The molecule has 0 aliphatic heterocycles. The van der Waals surface area contributed by atoms with Crippen molar-refractivity contribution in [1.29, 1.82) is 0 Å². The van der Waals surface area contributed by atoms with Gasteiger partial charge in [0.15, 0.2) is 12.2 Å². The lowest BCUT2D eigenvalue weighted by molar-refractivity contribution is -0.161. The van der Waals surface area contributed by atoms with Gasteiger partial charge in [-0.3, -0.25) is 37.3 Å². The van der Waals surface area contributed by atoms with Crippen LogP contribution in [0.1, 0.15) is 465 Å². The Morgan fingerprint density at radius 2 is 0.434 bits per heavy atom. The lowest BCUT2D eigenvalue weighted by Gasteiger charge is -2.21. The molecule has 0 aromatic heterocycles. The molecule has 0 bridgehead atoms. The molecular weight excluding hydrogens is 1380 g/mol. The second-order valence-corrected chi connectivity index (χ2v) is 35.1. The van der Waals surface area contributed by atoms with Crippen LogP contribution in [0.15, 0.2) is 0 Å². The van der Waals surface area contributed by atoms with E-state index in [2.05, 4.69) is 41.5 Å². The summed E-state index contributed by atoms with van der Waals surface area (Å²) >= 11 is 0. The first-order chi connectivity index (χ1) is 51.4. The number of aliphatic hydroxyl groups is 1. The van der Waals surface area contributed by atoms with Crippen LogP contribution in [0.5, 0.6) is 0 Å². The molecule has 0 saturated carbocycles. The molecule has 0 aromatic carbocycles. The fraction of sp³-hybridized carbons (Fsp3) is 0.954. The normalized spacial score (nSPS) is 13.8. The molecule has 630 valence electrons. The van der Waals surface area contributed by atoms with Crippen molar-refractivity contribution in [2.75, 3.05) is 39.6 Å². The van der Waals surface area contributed by atoms with Crippen molar-refractivity contribution in [3.8, 4) is 0 Å². The average Bonchev–Trinajstić information content (AvgIpc) is 0.900. The quantitative estimate of drug-likeness (QED) is 0.0222. The van der Waals surface area contributed by atoms with E-state index in [0.29, 0.717) is 25.7 Å². The number of hydrogen-bond donors (Lipinski definition) is 3. The van der Waals surface area contributed by atoms with Gasteiger partial charge < -0.3 is 33.8 Å². The van der Waals surface area contributed by atoms with Gasteiger partial charge in [-0.15, -0.1) is 0 Å². The third kappa shape index (κ3) is 80.1. The first-order valence-electron chi connectivity index (χ1n) is 45.0. The number of carbonyl (C=O) groups excluding carboxylic acids is 4. The van der Waals surface area contributed by atoms with Gasteiger partial charge >= 0.3 is 39.5 Å². The summed E-state index contributed by atoms with van der Waals surface area (Å²) in [7, 11) is -9.93. The Kier molecular flexibility index (Phi) is 76.9. The lowest BCUT2D eigenvalue weighted by atomic mass is 10.0. The van der Waals surface area contributed by atoms with Gasteiger partial charge in [0.25, 0.3) is 0 Å². The molecule has 19 heteroatoms. The third-order valence-electron chi connectivity index (χ3n) is 20.5. The maximum absolute atomic E-state index is 13.2.